The minimum atomic E-state index is 0.350. The van der Waals surface area contributed by atoms with E-state index < -0.39 is 0 Å². The van der Waals surface area contributed by atoms with Gasteiger partial charge in [0.2, 0.25) is 0 Å². The van der Waals surface area contributed by atoms with Crippen molar-refractivity contribution in [2.45, 2.75) is 33.4 Å². The third kappa shape index (κ3) is 3.28. The van der Waals surface area contributed by atoms with Crippen LogP contribution in [0.4, 0.5) is 0 Å². The lowest BCUT2D eigenvalue weighted by molar-refractivity contribution is 0.572. The predicted octanol–water partition coefficient (Wildman–Crippen LogP) is 4.33. The van der Waals surface area contributed by atoms with Gasteiger partial charge >= 0.3 is 0 Å². The lowest BCUT2D eigenvalue weighted by Crippen LogP contribution is -2.18. The monoisotopic (exact) mass is 286 g/mol. The van der Waals surface area contributed by atoms with Gasteiger partial charge in [0.25, 0.3) is 0 Å². The van der Waals surface area contributed by atoms with E-state index in [0.717, 1.165) is 15.9 Å². The maximum Gasteiger partial charge on any atom is 0.113 e. The number of thiophene rings is 1. The summed E-state index contributed by atoms with van der Waals surface area (Å²) in [6.07, 6.45) is 1.70. The van der Waals surface area contributed by atoms with E-state index in [9.17, 15) is 0 Å². The van der Waals surface area contributed by atoms with E-state index in [4.69, 9.17) is 11.6 Å². The number of hydrogen-bond acceptors (Lipinski definition) is 4. The second kappa shape index (κ2) is 5.48. The molecule has 0 bridgehead atoms. The maximum absolute atomic E-state index is 5.85. The normalized spacial score (nSPS) is 12.9. The fourth-order valence-electron chi connectivity index (χ4n) is 1.80. The molecule has 0 aliphatic rings. The molecular formula is C12H15ClN2S2. The second-order valence-electron chi connectivity index (χ2n) is 4.03. The van der Waals surface area contributed by atoms with Crippen molar-refractivity contribution in [1.82, 2.24) is 10.3 Å². The van der Waals surface area contributed by atoms with E-state index in [1.54, 1.807) is 6.20 Å². The van der Waals surface area contributed by atoms with Gasteiger partial charge < -0.3 is 5.32 Å². The van der Waals surface area contributed by atoms with Gasteiger partial charge in [-0.15, -0.1) is 22.7 Å². The summed E-state index contributed by atoms with van der Waals surface area (Å²) in [4.78, 5) is 6.99. The molecule has 0 amide bonds. The molecule has 0 spiro atoms. The van der Waals surface area contributed by atoms with Gasteiger partial charge in [0.1, 0.15) is 9.34 Å². The number of nitrogens with zero attached hydrogens (tertiary/aromatic N) is 1. The Morgan fingerprint density at radius 3 is 2.71 bits per heavy atom. The smallest absolute Gasteiger partial charge is 0.113 e. The van der Waals surface area contributed by atoms with Crippen molar-refractivity contribution in [2.24, 2.45) is 0 Å². The SMILES string of the molecule is Cc1cc(C(C)NCc2ncc(Cl)s2)c(C)s1. The number of hydrogen-bond donors (Lipinski definition) is 1. The van der Waals surface area contributed by atoms with Gasteiger partial charge in [0.05, 0.1) is 6.20 Å². The molecule has 0 radical (unpaired) electrons. The third-order valence-corrected chi connectivity index (χ3v) is 4.73. The van der Waals surface area contributed by atoms with Gasteiger partial charge in [-0.2, -0.15) is 0 Å². The molecule has 0 aromatic carbocycles. The highest BCUT2D eigenvalue weighted by molar-refractivity contribution is 7.15. The first-order chi connectivity index (χ1) is 8.06. The Morgan fingerprint density at radius 1 is 1.41 bits per heavy atom. The maximum atomic E-state index is 5.85. The average Bonchev–Trinajstić information content (AvgIpc) is 2.81. The quantitative estimate of drug-likeness (QED) is 0.905. The van der Waals surface area contributed by atoms with Crippen molar-refractivity contribution >= 4 is 34.3 Å². The van der Waals surface area contributed by atoms with Crippen LogP contribution in [-0.2, 0) is 6.54 Å². The van der Waals surface area contributed by atoms with Crippen LogP contribution in [0.15, 0.2) is 12.3 Å². The van der Waals surface area contributed by atoms with Crippen LogP contribution in [0.25, 0.3) is 0 Å². The molecule has 1 atom stereocenters. The molecule has 2 nitrogen and oxygen atoms in total. The van der Waals surface area contributed by atoms with E-state index in [1.807, 2.05) is 11.3 Å². The van der Waals surface area contributed by atoms with Crippen molar-refractivity contribution in [1.29, 1.82) is 0 Å². The first-order valence-electron chi connectivity index (χ1n) is 5.47. The Labute approximate surface area is 115 Å². The first-order valence-corrected chi connectivity index (χ1v) is 7.48. The summed E-state index contributed by atoms with van der Waals surface area (Å²) in [5.41, 5.74) is 1.38. The molecule has 92 valence electrons. The van der Waals surface area contributed by atoms with Gasteiger partial charge in [-0.05, 0) is 32.4 Å². The summed E-state index contributed by atoms with van der Waals surface area (Å²) in [5.74, 6) is 0. The van der Waals surface area contributed by atoms with E-state index in [1.165, 1.54) is 26.7 Å². The molecule has 17 heavy (non-hydrogen) atoms. The first kappa shape index (κ1) is 13.0. The largest absolute Gasteiger partial charge is 0.304 e. The van der Waals surface area contributed by atoms with Crippen molar-refractivity contribution in [3.8, 4) is 0 Å². The van der Waals surface area contributed by atoms with Gasteiger partial charge in [0, 0.05) is 22.3 Å². The zero-order valence-corrected chi connectivity index (χ0v) is 12.5. The van der Waals surface area contributed by atoms with Gasteiger partial charge in [-0.3, -0.25) is 0 Å². The van der Waals surface area contributed by atoms with Gasteiger partial charge in [-0.25, -0.2) is 4.98 Å². The minimum absolute atomic E-state index is 0.350. The number of nitrogens with one attached hydrogen (secondary N) is 1. The van der Waals surface area contributed by atoms with Crippen LogP contribution in [0.2, 0.25) is 4.34 Å². The Morgan fingerprint density at radius 2 is 2.18 bits per heavy atom. The van der Waals surface area contributed by atoms with Gasteiger partial charge in [-0.1, -0.05) is 11.6 Å². The molecule has 0 saturated carbocycles. The number of halogens is 1. The molecule has 2 rings (SSSR count). The molecule has 0 saturated heterocycles. The lowest BCUT2D eigenvalue weighted by Gasteiger charge is -2.12. The average molecular weight is 287 g/mol. The van der Waals surface area contributed by atoms with Crippen LogP contribution >= 0.6 is 34.3 Å². The Hall–Kier alpha value is -0.420. The molecule has 5 heteroatoms. The summed E-state index contributed by atoms with van der Waals surface area (Å²) >= 11 is 9.23. The predicted molar refractivity (Wildman–Crippen MR) is 76.2 cm³/mol. The molecule has 0 fully saturated rings. The fraction of sp³-hybridized carbons (Fsp3) is 0.417. The van der Waals surface area contributed by atoms with Crippen LogP contribution in [0.5, 0.6) is 0 Å². The van der Waals surface area contributed by atoms with Crippen LogP contribution in [0.1, 0.15) is 33.3 Å². The third-order valence-electron chi connectivity index (χ3n) is 2.63. The molecule has 2 aromatic heterocycles. The Bertz CT molecular complexity index is 504. The van der Waals surface area contributed by atoms with Crippen molar-refractivity contribution < 1.29 is 0 Å². The van der Waals surface area contributed by atoms with Crippen LogP contribution in [0, 0.1) is 13.8 Å². The minimum Gasteiger partial charge on any atom is -0.304 e. The number of thiazole rings is 1. The molecule has 2 heterocycles. The van der Waals surface area contributed by atoms with Gasteiger partial charge in [0.15, 0.2) is 0 Å². The zero-order chi connectivity index (χ0) is 12.4. The molecule has 1 N–H and O–H groups in total. The highest BCUT2D eigenvalue weighted by Crippen LogP contribution is 2.26. The summed E-state index contributed by atoms with van der Waals surface area (Å²) in [7, 11) is 0. The van der Waals surface area contributed by atoms with E-state index >= 15 is 0 Å². The Kier molecular flexibility index (Phi) is 4.20. The number of rotatable bonds is 4. The molecular weight excluding hydrogens is 272 g/mol. The molecule has 0 aliphatic carbocycles. The summed E-state index contributed by atoms with van der Waals surface area (Å²) in [6.45, 7) is 7.27. The van der Waals surface area contributed by atoms with E-state index in [0.29, 0.717) is 6.04 Å². The van der Waals surface area contributed by atoms with E-state index in [2.05, 4.69) is 37.1 Å². The summed E-state index contributed by atoms with van der Waals surface area (Å²) in [6, 6.07) is 2.61. The van der Waals surface area contributed by atoms with Crippen molar-refractivity contribution in [2.75, 3.05) is 0 Å². The molecule has 0 aliphatic heterocycles. The topological polar surface area (TPSA) is 24.9 Å². The summed E-state index contributed by atoms with van der Waals surface area (Å²) in [5, 5.41) is 4.51. The zero-order valence-electron chi connectivity index (χ0n) is 10.1. The molecule has 1 unspecified atom stereocenters. The lowest BCUT2D eigenvalue weighted by atomic mass is 10.1. The number of aryl methyl sites for hydroxylation is 2. The molecule has 2 aromatic rings. The van der Waals surface area contributed by atoms with E-state index in [-0.39, 0.29) is 0 Å². The second-order valence-corrected chi connectivity index (χ2v) is 7.24. The highest BCUT2D eigenvalue weighted by Gasteiger charge is 2.11. The fourth-order valence-corrected chi connectivity index (χ4v) is 3.73. The van der Waals surface area contributed by atoms with Crippen molar-refractivity contribution in [3.63, 3.8) is 0 Å². The van der Waals surface area contributed by atoms with Crippen LogP contribution in [-0.4, -0.2) is 4.98 Å². The highest BCUT2D eigenvalue weighted by atomic mass is 35.5. The Balaban J connectivity index is 1.97. The standard InChI is InChI=1S/C12H15ClN2S2/c1-7-4-10(9(3)16-7)8(2)14-6-12-15-5-11(13)17-12/h4-5,8,14H,6H2,1-3H3. The summed E-state index contributed by atoms with van der Waals surface area (Å²) < 4.78 is 0.747. The van der Waals surface area contributed by atoms with Crippen molar-refractivity contribution in [3.05, 3.63) is 36.9 Å². The number of aromatic nitrogens is 1. The van der Waals surface area contributed by atoms with Crippen LogP contribution < -0.4 is 5.32 Å². The van der Waals surface area contributed by atoms with Crippen LogP contribution in [0.3, 0.4) is 0 Å².